The van der Waals surface area contributed by atoms with Crippen LogP contribution < -0.4 is 0 Å². The lowest BCUT2D eigenvalue weighted by molar-refractivity contribution is 0.487. The lowest BCUT2D eigenvalue weighted by Gasteiger charge is -2.22. The van der Waals surface area contributed by atoms with E-state index in [9.17, 15) is 0 Å². The van der Waals surface area contributed by atoms with Crippen LogP contribution in [0.2, 0.25) is 0 Å². The first-order chi connectivity index (χ1) is 6.47. The molecule has 1 heteroatoms. The Balaban J connectivity index is 3.05. The Morgan fingerprint density at radius 3 is 2.43 bits per heavy atom. The maximum atomic E-state index is 4.71. The molecule has 78 valence electrons. The first-order valence-corrected chi connectivity index (χ1v) is 5.45. The summed E-state index contributed by atoms with van der Waals surface area (Å²) in [6, 6.07) is 6.37. The molecule has 0 unspecified atom stereocenters. The zero-order chi connectivity index (χ0) is 10.8. The smallest absolute Gasteiger partial charge is 0.0463 e. The molecule has 1 rings (SSSR count). The molecule has 1 nitrogen and oxygen atoms in total. The number of hydrogen-bond acceptors (Lipinski definition) is 1. The van der Waals surface area contributed by atoms with Gasteiger partial charge in [0.2, 0.25) is 0 Å². The predicted molar refractivity (Wildman–Crippen MR) is 61.6 cm³/mol. The molecule has 14 heavy (non-hydrogen) atoms. The minimum absolute atomic E-state index is 0.199. The second kappa shape index (κ2) is 4.12. The average molecular weight is 191 g/mol. The van der Waals surface area contributed by atoms with Crippen LogP contribution in [0.3, 0.4) is 0 Å². The minimum Gasteiger partial charge on any atom is -0.257 e. The van der Waals surface area contributed by atoms with Gasteiger partial charge in [0, 0.05) is 16.8 Å². The molecule has 0 aliphatic carbocycles. The number of pyridine rings is 1. The monoisotopic (exact) mass is 191 g/mol. The van der Waals surface area contributed by atoms with Gasteiger partial charge in [0.25, 0.3) is 0 Å². The number of rotatable bonds is 3. The molecule has 0 saturated heterocycles. The highest BCUT2D eigenvalue weighted by Crippen LogP contribution is 2.25. The van der Waals surface area contributed by atoms with Crippen LogP contribution in [0, 0.1) is 0 Å². The van der Waals surface area contributed by atoms with Gasteiger partial charge in [0.05, 0.1) is 0 Å². The van der Waals surface area contributed by atoms with Crippen molar-refractivity contribution in [1.29, 1.82) is 0 Å². The summed E-state index contributed by atoms with van der Waals surface area (Å²) >= 11 is 0. The lowest BCUT2D eigenvalue weighted by Crippen LogP contribution is -2.18. The van der Waals surface area contributed by atoms with E-state index in [1.165, 1.54) is 11.4 Å². The molecule has 1 aromatic rings. The second-order valence-electron chi connectivity index (χ2n) is 4.84. The third-order valence-corrected chi connectivity index (χ3v) is 2.94. The van der Waals surface area contributed by atoms with Crippen molar-refractivity contribution in [1.82, 2.24) is 4.98 Å². The number of hydrogen-bond donors (Lipinski definition) is 0. The summed E-state index contributed by atoms with van der Waals surface area (Å²) in [5, 5.41) is 0. The summed E-state index contributed by atoms with van der Waals surface area (Å²) in [5.41, 5.74) is 2.61. The minimum atomic E-state index is 0.199. The third kappa shape index (κ3) is 2.34. The molecule has 0 saturated carbocycles. The van der Waals surface area contributed by atoms with E-state index in [-0.39, 0.29) is 5.41 Å². The van der Waals surface area contributed by atoms with E-state index >= 15 is 0 Å². The van der Waals surface area contributed by atoms with Gasteiger partial charge in [0.1, 0.15) is 0 Å². The summed E-state index contributed by atoms with van der Waals surface area (Å²) in [5.74, 6) is 0.516. The number of nitrogens with zero attached hydrogens (tertiary/aromatic N) is 1. The third-order valence-electron chi connectivity index (χ3n) is 2.94. The molecule has 0 amide bonds. The van der Waals surface area contributed by atoms with Crippen LogP contribution in [-0.2, 0) is 5.41 Å². The standard InChI is InChI=1S/C13H21N/c1-6-13(4,5)12-9-7-8-11(14-12)10(2)3/h7-10H,6H2,1-5H3. The Labute approximate surface area is 87.6 Å². The molecular weight excluding hydrogens is 170 g/mol. The molecule has 0 atom stereocenters. The average Bonchev–Trinajstić information content (AvgIpc) is 2.18. The van der Waals surface area contributed by atoms with E-state index < -0.39 is 0 Å². The fourth-order valence-electron chi connectivity index (χ4n) is 1.33. The van der Waals surface area contributed by atoms with Crippen molar-refractivity contribution in [2.24, 2.45) is 0 Å². The molecule has 1 aromatic heterocycles. The van der Waals surface area contributed by atoms with Crippen molar-refractivity contribution < 1.29 is 0 Å². The van der Waals surface area contributed by atoms with Gasteiger partial charge < -0.3 is 0 Å². The van der Waals surface area contributed by atoms with Gasteiger partial charge in [-0.2, -0.15) is 0 Å². The van der Waals surface area contributed by atoms with Crippen molar-refractivity contribution in [3.8, 4) is 0 Å². The highest BCUT2D eigenvalue weighted by molar-refractivity contribution is 5.19. The van der Waals surface area contributed by atoms with Crippen molar-refractivity contribution >= 4 is 0 Å². The Morgan fingerprint density at radius 1 is 1.29 bits per heavy atom. The molecule has 0 bridgehead atoms. The molecule has 0 aliphatic rings. The topological polar surface area (TPSA) is 12.9 Å². The predicted octanol–water partition coefficient (Wildman–Crippen LogP) is 3.89. The molecule has 0 aromatic carbocycles. The van der Waals surface area contributed by atoms with Gasteiger partial charge in [0.15, 0.2) is 0 Å². The fraction of sp³-hybridized carbons (Fsp3) is 0.615. The van der Waals surface area contributed by atoms with Crippen LogP contribution in [0.1, 0.15) is 58.3 Å². The Hall–Kier alpha value is -0.850. The van der Waals surface area contributed by atoms with Gasteiger partial charge in [-0.05, 0) is 24.5 Å². The van der Waals surface area contributed by atoms with Crippen molar-refractivity contribution in [2.45, 2.75) is 52.4 Å². The van der Waals surface area contributed by atoms with Crippen molar-refractivity contribution in [3.05, 3.63) is 29.6 Å². The highest BCUT2D eigenvalue weighted by Gasteiger charge is 2.19. The summed E-state index contributed by atoms with van der Waals surface area (Å²) < 4.78 is 0. The maximum Gasteiger partial charge on any atom is 0.0463 e. The Kier molecular flexibility index (Phi) is 3.30. The largest absolute Gasteiger partial charge is 0.257 e. The van der Waals surface area contributed by atoms with Crippen molar-refractivity contribution in [3.63, 3.8) is 0 Å². The van der Waals surface area contributed by atoms with Crippen LogP contribution >= 0.6 is 0 Å². The lowest BCUT2D eigenvalue weighted by atomic mass is 9.86. The normalized spacial score (nSPS) is 12.1. The summed E-state index contributed by atoms with van der Waals surface area (Å²) in [6.45, 7) is 11.1. The van der Waals surface area contributed by atoms with Gasteiger partial charge in [-0.1, -0.05) is 40.7 Å². The molecule has 0 radical (unpaired) electrons. The maximum absolute atomic E-state index is 4.71. The molecule has 0 fully saturated rings. The fourth-order valence-corrected chi connectivity index (χ4v) is 1.33. The first-order valence-electron chi connectivity index (χ1n) is 5.45. The first kappa shape index (κ1) is 11.2. The SMILES string of the molecule is CCC(C)(C)c1cccc(C(C)C)n1. The van der Waals surface area contributed by atoms with E-state index in [4.69, 9.17) is 4.98 Å². The zero-order valence-electron chi connectivity index (χ0n) is 9.96. The van der Waals surface area contributed by atoms with E-state index in [0.29, 0.717) is 5.92 Å². The summed E-state index contributed by atoms with van der Waals surface area (Å²) in [7, 11) is 0. The zero-order valence-corrected chi connectivity index (χ0v) is 9.96. The Morgan fingerprint density at radius 2 is 1.93 bits per heavy atom. The molecular formula is C13H21N. The van der Waals surface area contributed by atoms with Gasteiger partial charge >= 0.3 is 0 Å². The van der Waals surface area contributed by atoms with E-state index in [2.05, 4.69) is 52.8 Å². The van der Waals surface area contributed by atoms with Crippen LogP contribution in [0.15, 0.2) is 18.2 Å². The Bertz CT molecular complexity index is 300. The van der Waals surface area contributed by atoms with E-state index in [1.54, 1.807) is 0 Å². The van der Waals surface area contributed by atoms with Gasteiger partial charge in [-0.15, -0.1) is 0 Å². The van der Waals surface area contributed by atoms with Gasteiger partial charge in [-0.3, -0.25) is 4.98 Å². The highest BCUT2D eigenvalue weighted by atomic mass is 14.7. The van der Waals surface area contributed by atoms with Crippen LogP contribution in [0.4, 0.5) is 0 Å². The van der Waals surface area contributed by atoms with Crippen LogP contribution in [0.5, 0.6) is 0 Å². The summed E-state index contributed by atoms with van der Waals surface area (Å²) in [6.07, 6.45) is 1.13. The second-order valence-corrected chi connectivity index (χ2v) is 4.84. The van der Waals surface area contributed by atoms with E-state index in [0.717, 1.165) is 6.42 Å². The van der Waals surface area contributed by atoms with E-state index in [1.807, 2.05) is 0 Å². The van der Waals surface area contributed by atoms with Crippen LogP contribution in [0.25, 0.3) is 0 Å². The summed E-state index contributed by atoms with van der Waals surface area (Å²) in [4.78, 5) is 4.71. The number of aromatic nitrogens is 1. The van der Waals surface area contributed by atoms with Crippen LogP contribution in [-0.4, -0.2) is 4.98 Å². The molecule has 1 heterocycles. The quantitative estimate of drug-likeness (QED) is 0.706. The molecule has 0 spiro atoms. The molecule has 0 aliphatic heterocycles. The van der Waals surface area contributed by atoms with Gasteiger partial charge in [-0.25, -0.2) is 0 Å². The molecule has 0 N–H and O–H groups in total. The van der Waals surface area contributed by atoms with Crippen molar-refractivity contribution in [2.75, 3.05) is 0 Å².